The van der Waals surface area contributed by atoms with Gasteiger partial charge < -0.3 is 16.0 Å². The lowest BCUT2D eigenvalue weighted by molar-refractivity contribution is -0.135. The fourth-order valence-corrected chi connectivity index (χ4v) is 6.03. The minimum atomic E-state index is -0.289. The fourth-order valence-electron chi connectivity index (χ4n) is 6.03. The van der Waals surface area contributed by atoms with Gasteiger partial charge in [-0.1, -0.05) is 0 Å². The Morgan fingerprint density at radius 2 is 1.80 bits per heavy atom. The van der Waals surface area contributed by atoms with Crippen molar-refractivity contribution in [1.82, 2.24) is 20.2 Å². The van der Waals surface area contributed by atoms with Crippen LogP contribution < -0.4 is 11.1 Å². The summed E-state index contributed by atoms with van der Waals surface area (Å²) in [5, 5.41) is 3.09. The number of hydrogen-bond acceptors (Lipinski definition) is 5. The number of amides is 2. The molecule has 1 saturated heterocycles. The molecule has 2 heterocycles. The highest BCUT2D eigenvalue weighted by molar-refractivity contribution is 5.88. The highest BCUT2D eigenvalue weighted by atomic mass is 16.2. The Morgan fingerprint density at radius 3 is 2.57 bits per heavy atom. The minimum Gasteiger partial charge on any atom is -0.369 e. The van der Waals surface area contributed by atoms with Crippen LogP contribution >= 0.6 is 0 Å². The van der Waals surface area contributed by atoms with E-state index in [0.717, 1.165) is 70.4 Å². The number of primary amides is 1. The molecule has 3 aliphatic rings. The third-order valence-corrected chi connectivity index (χ3v) is 7.52. The largest absolute Gasteiger partial charge is 0.369 e. The van der Waals surface area contributed by atoms with Gasteiger partial charge in [0.05, 0.1) is 11.8 Å². The monoisotopic (exact) mass is 413 g/mol. The highest BCUT2D eigenvalue weighted by Gasteiger charge is 2.53. The molecule has 2 bridgehead atoms. The van der Waals surface area contributed by atoms with Crippen molar-refractivity contribution in [1.29, 1.82) is 0 Å². The number of nitrogens with one attached hydrogen (secondary N) is 1. The molecular formula is C23H35N5O2. The second-order valence-electron chi connectivity index (χ2n) is 9.36. The summed E-state index contributed by atoms with van der Waals surface area (Å²) in [6.07, 6.45) is 12.3. The lowest BCUT2D eigenvalue weighted by Crippen LogP contribution is -2.43. The molecule has 1 aliphatic heterocycles. The number of nitrogens with two attached hydrogens (primary N) is 1. The van der Waals surface area contributed by atoms with Gasteiger partial charge in [0.2, 0.25) is 11.8 Å². The summed E-state index contributed by atoms with van der Waals surface area (Å²) in [5.74, 6) is 1.45. The third-order valence-electron chi connectivity index (χ3n) is 7.52. The summed E-state index contributed by atoms with van der Waals surface area (Å²) in [5.41, 5.74) is 5.60. The zero-order chi connectivity index (χ0) is 20.9. The summed E-state index contributed by atoms with van der Waals surface area (Å²) in [6, 6.07) is 1.87. The molecule has 30 heavy (non-hydrogen) atoms. The summed E-state index contributed by atoms with van der Waals surface area (Å²) < 4.78 is 0. The average molecular weight is 414 g/mol. The van der Waals surface area contributed by atoms with Gasteiger partial charge in [-0.25, -0.2) is 9.97 Å². The van der Waals surface area contributed by atoms with Crippen molar-refractivity contribution in [3.05, 3.63) is 24.3 Å². The predicted octanol–water partition coefficient (Wildman–Crippen LogP) is 2.09. The van der Waals surface area contributed by atoms with Crippen LogP contribution in [0.5, 0.6) is 0 Å². The molecule has 4 rings (SSSR count). The maximum Gasteiger partial charge on any atom is 0.224 e. The van der Waals surface area contributed by atoms with Crippen LogP contribution in [0.3, 0.4) is 0 Å². The zero-order valence-corrected chi connectivity index (χ0v) is 17.8. The number of hydrogen-bond donors (Lipinski definition) is 2. The molecule has 3 N–H and O–H groups in total. The smallest absolute Gasteiger partial charge is 0.224 e. The Kier molecular flexibility index (Phi) is 6.97. The molecule has 1 aromatic heterocycles. The summed E-state index contributed by atoms with van der Waals surface area (Å²) in [6.45, 7) is 3.96. The molecule has 0 radical (unpaired) electrons. The van der Waals surface area contributed by atoms with Gasteiger partial charge in [0.25, 0.3) is 0 Å². The van der Waals surface area contributed by atoms with Crippen LogP contribution in [0.15, 0.2) is 18.5 Å². The Bertz CT molecular complexity index is 728. The minimum absolute atomic E-state index is 0.0477. The van der Waals surface area contributed by atoms with Crippen LogP contribution in [0.1, 0.15) is 63.1 Å². The van der Waals surface area contributed by atoms with Crippen LogP contribution in [0.25, 0.3) is 0 Å². The van der Waals surface area contributed by atoms with Gasteiger partial charge in [-0.2, -0.15) is 0 Å². The molecule has 7 heteroatoms. The maximum atomic E-state index is 12.7. The molecule has 7 nitrogen and oxygen atoms in total. The first-order valence-corrected chi connectivity index (χ1v) is 11.7. The molecule has 2 amide bonds. The van der Waals surface area contributed by atoms with Crippen LogP contribution in [-0.2, 0) is 9.59 Å². The van der Waals surface area contributed by atoms with E-state index in [1.54, 1.807) is 0 Å². The van der Waals surface area contributed by atoms with Crippen LogP contribution in [0, 0.1) is 23.7 Å². The van der Waals surface area contributed by atoms with E-state index in [4.69, 9.17) is 5.73 Å². The molecule has 0 spiro atoms. The van der Waals surface area contributed by atoms with Gasteiger partial charge >= 0.3 is 0 Å². The Balaban J connectivity index is 1.14. The number of carbonyl (C=O) groups is 2. The van der Waals surface area contributed by atoms with Crippen molar-refractivity contribution in [3.8, 4) is 0 Å². The van der Waals surface area contributed by atoms with Crippen LogP contribution in [-0.4, -0.2) is 52.9 Å². The van der Waals surface area contributed by atoms with E-state index in [2.05, 4.69) is 20.2 Å². The van der Waals surface area contributed by atoms with E-state index >= 15 is 0 Å². The second kappa shape index (κ2) is 9.86. The van der Waals surface area contributed by atoms with Crippen molar-refractivity contribution in [3.63, 3.8) is 0 Å². The van der Waals surface area contributed by atoms with Crippen molar-refractivity contribution >= 4 is 11.8 Å². The van der Waals surface area contributed by atoms with E-state index in [9.17, 15) is 9.59 Å². The highest BCUT2D eigenvalue weighted by Crippen LogP contribution is 2.52. The molecular weight excluding hydrogens is 378 g/mol. The number of unbranched alkanes of at least 4 members (excludes halogenated alkanes) is 1. The van der Waals surface area contributed by atoms with Crippen molar-refractivity contribution in [2.45, 2.75) is 57.3 Å². The molecule has 5 atom stereocenters. The Labute approximate surface area is 179 Å². The van der Waals surface area contributed by atoms with Gasteiger partial charge in [-0.3, -0.25) is 9.59 Å². The number of nitrogens with zero attached hydrogens (tertiary/aromatic N) is 3. The lowest BCUT2D eigenvalue weighted by Gasteiger charge is -2.27. The predicted molar refractivity (Wildman–Crippen MR) is 114 cm³/mol. The first-order chi connectivity index (χ1) is 14.6. The van der Waals surface area contributed by atoms with Crippen molar-refractivity contribution in [2.75, 3.05) is 26.2 Å². The Morgan fingerprint density at radius 1 is 1.03 bits per heavy atom. The molecule has 1 aromatic rings. The van der Waals surface area contributed by atoms with Crippen LogP contribution in [0.4, 0.5) is 0 Å². The van der Waals surface area contributed by atoms with Crippen molar-refractivity contribution < 1.29 is 9.59 Å². The maximum absolute atomic E-state index is 12.7. The molecule has 0 aromatic carbocycles. The third kappa shape index (κ3) is 4.82. The SMILES string of the molecule is NC(=O)[C@H]1[C@@H]2CC[C@@H](C2)[C@H]1C(=O)NCCCCN1CCCC(c2ncccn2)CC1. The quantitative estimate of drug-likeness (QED) is 0.636. The second-order valence-corrected chi connectivity index (χ2v) is 9.36. The van der Waals surface area contributed by atoms with E-state index in [1.165, 1.54) is 6.42 Å². The van der Waals surface area contributed by atoms with E-state index < -0.39 is 0 Å². The van der Waals surface area contributed by atoms with E-state index in [0.29, 0.717) is 24.3 Å². The Hall–Kier alpha value is -2.02. The number of likely N-dealkylation sites (tertiary alicyclic amines) is 1. The molecule has 3 fully saturated rings. The van der Waals surface area contributed by atoms with E-state index in [-0.39, 0.29) is 23.7 Å². The molecule has 1 unspecified atom stereocenters. The van der Waals surface area contributed by atoms with Gasteiger partial charge in [-0.05, 0) is 88.9 Å². The number of rotatable bonds is 8. The van der Waals surface area contributed by atoms with Gasteiger partial charge in [0.15, 0.2) is 0 Å². The standard InChI is InChI=1S/C23H35N5O2/c24-21(29)19-17-6-7-18(15-17)20(19)23(30)27-9-1-2-12-28-13-3-5-16(8-14-28)22-25-10-4-11-26-22/h4,10-11,16-20H,1-3,5-9,12-15H2,(H2,24,29)(H,27,30)/t16?,17-,18+,19+,20-/m1/s1. The zero-order valence-electron chi connectivity index (χ0n) is 17.8. The average Bonchev–Trinajstić information content (AvgIpc) is 3.29. The number of carbonyl (C=O) groups excluding carboxylic acids is 2. The topological polar surface area (TPSA) is 101 Å². The van der Waals surface area contributed by atoms with Crippen molar-refractivity contribution in [2.24, 2.45) is 29.4 Å². The molecule has 2 saturated carbocycles. The number of fused-ring (bicyclic) bond motifs is 2. The lowest BCUT2D eigenvalue weighted by atomic mass is 9.78. The first-order valence-electron chi connectivity index (χ1n) is 11.7. The van der Waals surface area contributed by atoms with Crippen LogP contribution in [0.2, 0.25) is 0 Å². The van der Waals surface area contributed by atoms with E-state index in [1.807, 2.05) is 18.5 Å². The summed E-state index contributed by atoms with van der Waals surface area (Å²) in [7, 11) is 0. The van der Waals surface area contributed by atoms with Gasteiger partial charge in [0.1, 0.15) is 5.82 Å². The number of aromatic nitrogens is 2. The molecule has 164 valence electrons. The summed E-state index contributed by atoms with van der Waals surface area (Å²) >= 11 is 0. The van der Waals surface area contributed by atoms with Gasteiger partial charge in [-0.15, -0.1) is 0 Å². The fraction of sp³-hybridized carbons (Fsp3) is 0.739. The van der Waals surface area contributed by atoms with Gasteiger partial charge in [0, 0.05) is 24.9 Å². The molecule has 2 aliphatic carbocycles. The summed E-state index contributed by atoms with van der Waals surface area (Å²) in [4.78, 5) is 35.9. The normalized spacial score (nSPS) is 31.4. The first kappa shape index (κ1) is 21.2.